The van der Waals surface area contributed by atoms with Crippen LogP contribution in [0.25, 0.3) is 0 Å². The zero-order chi connectivity index (χ0) is 56.4. The van der Waals surface area contributed by atoms with Crippen molar-refractivity contribution in [1.29, 1.82) is 0 Å². The summed E-state index contributed by atoms with van der Waals surface area (Å²) >= 11 is 0. The van der Waals surface area contributed by atoms with Crippen molar-refractivity contribution in [3.8, 4) is 0 Å². The van der Waals surface area contributed by atoms with Crippen LogP contribution in [0.15, 0.2) is 97.2 Å². The topological polar surface area (TPSA) is 78.9 Å². The molecule has 0 aromatic rings. The van der Waals surface area contributed by atoms with E-state index in [0.29, 0.717) is 19.3 Å². The summed E-state index contributed by atoms with van der Waals surface area (Å²) in [6.45, 7) is 6.51. The molecule has 0 heterocycles. The minimum atomic E-state index is -0.794. The Hall–Kier alpha value is -3.67. The predicted octanol–water partition coefficient (Wildman–Crippen LogP) is 22.8. The van der Waals surface area contributed by atoms with Crippen LogP contribution in [0.4, 0.5) is 0 Å². The predicted molar refractivity (Wildman–Crippen MR) is 339 cm³/mol. The van der Waals surface area contributed by atoms with Crippen molar-refractivity contribution >= 4 is 17.9 Å². The first-order valence-corrected chi connectivity index (χ1v) is 33.2. The molecule has 0 saturated heterocycles. The average Bonchev–Trinajstić information content (AvgIpc) is 3.44. The molecule has 0 aliphatic rings. The molecule has 0 aliphatic carbocycles. The van der Waals surface area contributed by atoms with Crippen LogP contribution < -0.4 is 0 Å². The first-order chi connectivity index (χ1) is 38.5. The van der Waals surface area contributed by atoms with E-state index >= 15 is 0 Å². The number of hydrogen-bond acceptors (Lipinski definition) is 6. The maximum atomic E-state index is 12.9. The zero-order valence-electron chi connectivity index (χ0n) is 51.4. The number of hydrogen-bond donors (Lipinski definition) is 0. The van der Waals surface area contributed by atoms with Gasteiger partial charge in [-0.05, 0) is 122 Å². The molecule has 6 nitrogen and oxygen atoms in total. The lowest BCUT2D eigenvalue weighted by atomic mass is 10.0. The van der Waals surface area contributed by atoms with Crippen molar-refractivity contribution in [2.75, 3.05) is 13.2 Å². The summed E-state index contributed by atoms with van der Waals surface area (Å²) in [5.74, 6) is -0.905. The van der Waals surface area contributed by atoms with Crippen LogP contribution in [0.2, 0.25) is 0 Å². The Morgan fingerprint density at radius 2 is 0.500 bits per heavy atom. The van der Waals surface area contributed by atoms with Gasteiger partial charge in [0, 0.05) is 19.3 Å². The summed E-state index contributed by atoms with van der Waals surface area (Å²) in [7, 11) is 0. The van der Waals surface area contributed by atoms with Gasteiger partial charge >= 0.3 is 17.9 Å². The Morgan fingerprint density at radius 1 is 0.269 bits per heavy atom. The number of allylic oxidation sites excluding steroid dienone is 16. The molecule has 0 fully saturated rings. The fourth-order valence-corrected chi connectivity index (χ4v) is 9.32. The van der Waals surface area contributed by atoms with Crippen molar-refractivity contribution in [1.82, 2.24) is 0 Å². The van der Waals surface area contributed by atoms with Crippen molar-refractivity contribution in [3.63, 3.8) is 0 Å². The van der Waals surface area contributed by atoms with Gasteiger partial charge in [0.1, 0.15) is 13.2 Å². The molecular weight excluding hydrogens is 961 g/mol. The van der Waals surface area contributed by atoms with E-state index in [2.05, 4.69) is 118 Å². The Labute approximate surface area is 483 Å². The lowest BCUT2D eigenvalue weighted by molar-refractivity contribution is -0.167. The molecule has 0 saturated carbocycles. The van der Waals surface area contributed by atoms with Gasteiger partial charge in [-0.25, -0.2) is 0 Å². The number of esters is 3. The summed E-state index contributed by atoms with van der Waals surface area (Å²) in [4.78, 5) is 38.4. The monoisotopic (exact) mass is 1080 g/mol. The molecule has 0 N–H and O–H groups in total. The van der Waals surface area contributed by atoms with Crippen LogP contribution >= 0.6 is 0 Å². The number of unbranched alkanes of at least 4 members (excludes halogenated alkanes) is 33. The molecule has 1 unspecified atom stereocenters. The molecule has 0 rings (SSSR count). The average molecular weight is 1090 g/mol. The molecule has 0 amide bonds. The maximum Gasteiger partial charge on any atom is 0.306 e. The molecule has 0 aromatic heterocycles. The molecule has 448 valence electrons. The van der Waals surface area contributed by atoms with Gasteiger partial charge in [0.25, 0.3) is 0 Å². The van der Waals surface area contributed by atoms with Crippen molar-refractivity contribution in [2.45, 2.75) is 329 Å². The van der Waals surface area contributed by atoms with Crippen molar-refractivity contribution in [3.05, 3.63) is 97.2 Å². The number of ether oxygens (including phenoxy) is 3. The molecule has 6 heteroatoms. The van der Waals surface area contributed by atoms with E-state index < -0.39 is 6.10 Å². The first kappa shape index (κ1) is 74.3. The lowest BCUT2D eigenvalue weighted by Crippen LogP contribution is -2.30. The maximum absolute atomic E-state index is 12.9. The highest BCUT2D eigenvalue weighted by molar-refractivity contribution is 5.71. The third kappa shape index (κ3) is 63.2. The number of rotatable bonds is 60. The first-order valence-electron chi connectivity index (χ1n) is 33.2. The third-order valence-electron chi connectivity index (χ3n) is 14.3. The second-order valence-electron chi connectivity index (χ2n) is 22.0. The Balaban J connectivity index is 4.37. The van der Waals surface area contributed by atoms with E-state index in [-0.39, 0.29) is 31.1 Å². The standard InChI is InChI=1S/C72H124O6/c1-4-7-10-13-16-19-22-25-28-31-33-34-35-36-37-38-40-41-44-47-50-53-56-59-62-65-71(74)77-68-69(67-76-70(73)64-61-58-55-52-49-46-43-30-27-24-21-18-15-12-9-6-3)78-72(75)66-63-60-57-54-51-48-45-42-39-32-29-26-23-20-17-14-11-8-5-2/h8,11,17,20-22,24-26,29-31,33,39,42-43,69H,4-7,9-10,12-16,18-19,23,27-28,32,34-38,40-41,44-68H2,1-3H3/b11-8-,20-17-,24-21-,25-22-,29-26-,33-31-,42-39-,43-30-. The van der Waals surface area contributed by atoms with E-state index in [1.807, 2.05) is 0 Å². The third-order valence-corrected chi connectivity index (χ3v) is 14.3. The van der Waals surface area contributed by atoms with Gasteiger partial charge in [-0.3, -0.25) is 14.4 Å². The van der Waals surface area contributed by atoms with E-state index in [1.54, 1.807) is 0 Å². The summed E-state index contributed by atoms with van der Waals surface area (Å²) in [5, 5.41) is 0. The van der Waals surface area contributed by atoms with Crippen LogP contribution in [0.1, 0.15) is 323 Å². The second kappa shape index (κ2) is 65.8. The van der Waals surface area contributed by atoms with Gasteiger partial charge in [0.05, 0.1) is 0 Å². The van der Waals surface area contributed by atoms with Gasteiger partial charge in [-0.15, -0.1) is 0 Å². The largest absolute Gasteiger partial charge is 0.462 e. The molecule has 0 aromatic carbocycles. The highest BCUT2D eigenvalue weighted by Gasteiger charge is 2.19. The normalized spacial score (nSPS) is 12.7. The molecular formula is C72H124O6. The SMILES string of the molecule is CC/C=C\C/C=C\C/C=C\C/C=C\CCCCCCCCC(=O)OC(COC(=O)CCCCCCC/C=C\C/C=C\CCCCCC)COC(=O)CCCCCCCCCCCCCCC/C=C\C/C=C\CCCCCCC. The van der Waals surface area contributed by atoms with E-state index in [4.69, 9.17) is 14.2 Å². The summed E-state index contributed by atoms with van der Waals surface area (Å²) < 4.78 is 16.9. The van der Waals surface area contributed by atoms with E-state index in [9.17, 15) is 14.4 Å². The Bertz CT molecular complexity index is 1530. The number of carbonyl (C=O) groups excluding carboxylic acids is 3. The summed E-state index contributed by atoms with van der Waals surface area (Å²) in [6, 6.07) is 0. The minimum absolute atomic E-state index is 0.0876. The number of carbonyl (C=O) groups is 3. The molecule has 0 radical (unpaired) electrons. The van der Waals surface area contributed by atoms with Gasteiger partial charge in [-0.1, -0.05) is 279 Å². The van der Waals surface area contributed by atoms with Crippen LogP contribution in [0.5, 0.6) is 0 Å². The Kier molecular flexibility index (Phi) is 62.7. The molecule has 0 spiro atoms. The molecule has 78 heavy (non-hydrogen) atoms. The second-order valence-corrected chi connectivity index (χ2v) is 22.0. The highest BCUT2D eigenvalue weighted by atomic mass is 16.6. The van der Waals surface area contributed by atoms with Crippen LogP contribution in [0, 0.1) is 0 Å². The lowest BCUT2D eigenvalue weighted by Gasteiger charge is -2.18. The van der Waals surface area contributed by atoms with Gasteiger partial charge in [-0.2, -0.15) is 0 Å². The summed E-state index contributed by atoms with van der Waals surface area (Å²) in [6.07, 6.45) is 88.4. The highest BCUT2D eigenvalue weighted by Crippen LogP contribution is 2.16. The van der Waals surface area contributed by atoms with Crippen LogP contribution in [0.3, 0.4) is 0 Å². The molecule has 0 bridgehead atoms. The molecule has 1 atom stereocenters. The van der Waals surface area contributed by atoms with Crippen molar-refractivity contribution < 1.29 is 28.6 Å². The van der Waals surface area contributed by atoms with Gasteiger partial charge < -0.3 is 14.2 Å². The zero-order valence-corrected chi connectivity index (χ0v) is 51.4. The fourth-order valence-electron chi connectivity index (χ4n) is 9.32. The van der Waals surface area contributed by atoms with E-state index in [0.717, 1.165) is 128 Å². The Morgan fingerprint density at radius 3 is 0.795 bits per heavy atom. The van der Waals surface area contributed by atoms with Gasteiger partial charge in [0.15, 0.2) is 6.10 Å². The van der Waals surface area contributed by atoms with Crippen molar-refractivity contribution in [2.24, 2.45) is 0 Å². The fraction of sp³-hybridized carbons (Fsp3) is 0.736. The van der Waals surface area contributed by atoms with Gasteiger partial charge in [0.2, 0.25) is 0 Å². The van der Waals surface area contributed by atoms with Crippen LogP contribution in [-0.2, 0) is 28.6 Å². The minimum Gasteiger partial charge on any atom is -0.462 e. The van der Waals surface area contributed by atoms with Crippen LogP contribution in [-0.4, -0.2) is 37.2 Å². The summed E-state index contributed by atoms with van der Waals surface area (Å²) in [5.41, 5.74) is 0. The smallest absolute Gasteiger partial charge is 0.306 e. The molecule has 0 aliphatic heterocycles. The van der Waals surface area contributed by atoms with E-state index in [1.165, 1.54) is 154 Å². The quantitative estimate of drug-likeness (QED) is 0.0261.